The standard InChI is InChI=1S/C25H21ClN4O5S2/c1-15-22(36-23(28-15)16-6-8-27-9-7-16)24(31)30-11-10-29(14-21(30)25(32)33)37(34,35)20-5-3-17-12-19(26)4-2-18(17)13-20/h2-9,12-13,21H,10-11,14H2,1H3,(H,32,33). The predicted molar refractivity (Wildman–Crippen MR) is 140 cm³/mol. The summed E-state index contributed by atoms with van der Waals surface area (Å²) in [6, 6.07) is 12.0. The molecule has 0 radical (unpaired) electrons. The van der Waals surface area contributed by atoms with Gasteiger partial charge in [0.15, 0.2) is 0 Å². The number of carboxylic acids is 1. The molecule has 0 bridgehead atoms. The topological polar surface area (TPSA) is 121 Å². The molecule has 1 aliphatic heterocycles. The molecule has 0 saturated carbocycles. The minimum atomic E-state index is -4.00. The number of aromatic nitrogens is 2. The highest BCUT2D eigenvalue weighted by Gasteiger charge is 2.41. The molecular formula is C25H21ClN4O5S2. The molecular weight excluding hydrogens is 536 g/mol. The largest absolute Gasteiger partial charge is 0.480 e. The number of piperazine rings is 1. The smallest absolute Gasteiger partial charge is 0.327 e. The minimum absolute atomic E-state index is 0.0361. The molecule has 1 amide bonds. The SMILES string of the molecule is Cc1nc(-c2ccncc2)sc1C(=O)N1CCN(S(=O)(=O)c2ccc3cc(Cl)ccc3c2)CC1C(=O)O. The number of carbonyl (C=O) groups is 2. The second-order valence-corrected chi connectivity index (χ2v) is 11.9. The van der Waals surface area contributed by atoms with Crippen LogP contribution in [0.3, 0.4) is 0 Å². The summed E-state index contributed by atoms with van der Waals surface area (Å²) in [5, 5.41) is 12.6. The first-order valence-electron chi connectivity index (χ1n) is 11.3. The third kappa shape index (κ3) is 4.82. The highest BCUT2D eigenvalue weighted by Crippen LogP contribution is 2.31. The number of aliphatic carboxylic acids is 1. The van der Waals surface area contributed by atoms with Crippen molar-refractivity contribution in [2.24, 2.45) is 0 Å². The molecule has 12 heteroatoms. The fraction of sp³-hybridized carbons (Fsp3) is 0.200. The first-order chi connectivity index (χ1) is 17.6. The Morgan fingerprint density at radius 2 is 1.76 bits per heavy atom. The van der Waals surface area contributed by atoms with Crippen molar-refractivity contribution in [3.05, 3.63) is 76.5 Å². The van der Waals surface area contributed by atoms with Crippen LogP contribution in [0.2, 0.25) is 5.02 Å². The monoisotopic (exact) mass is 556 g/mol. The first-order valence-corrected chi connectivity index (χ1v) is 13.9. The number of sulfonamides is 1. The molecule has 5 rings (SSSR count). The number of thiazole rings is 1. The summed E-state index contributed by atoms with van der Waals surface area (Å²) in [5.74, 6) is -1.76. The summed E-state index contributed by atoms with van der Waals surface area (Å²) in [5.41, 5.74) is 1.28. The van der Waals surface area contributed by atoms with Crippen LogP contribution in [0, 0.1) is 6.92 Å². The number of pyridine rings is 1. The maximum absolute atomic E-state index is 13.4. The molecule has 190 valence electrons. The maximum Gasteiger partial charge on any atom is 0.327 e. The Bertz CT molecular complexity index is 1620. The number of hydrogen-bond donors (Lipinski definition) is 1. The van der Waals surface area contributed by atoms with E-state index in [2.05, 4.69) is 9.97 Å². The van der Waals surface area contributed by atoms with Gasteiger partial charge in [-0.2, -0.15) is 4.31 Å². The number of carbonyl (C=O) groups excluding carboxylic acids is 1. The molecule has 2 aromatic heterocycles. The van der Waals surface area contributed by atoms with Gasteiger partial charge in [-0.3, -0.25) is 9.78 Å². The molecule has 1 fully saturated rings. The van der Waals surface area contributed by atoms with Crippen molar-refractivity contribution in [3.63, 3.8) is 0 Å². The Morgan fingerprint density at radius 3 is 2.49 bits per heavy atom. The van der Waals surface area contributed by atoms with Crippen LogP contribution in [0.4, 0.5) is 0 Å². The number of nitrogens with zero attached hydrogens (tertiary/aromatic N) is 4. The van der Waals surface area contributed by atoms with Gasteiger partial charge in [-0.1, -0.05) is 23.7 Å². The van der Waals surface area contributed by atoms with Gasteiger partial charge in [0, 0.05) is 42.6 Å². The van der Waals surface area contributed by atoms with Crippen molar-refractivity contribution in [3.8, 4) is 10.6 Å². The van der Waals surface area contributed by atoms with Crippen LogP contribution >= 0.6 is 22.9 Å². The van der Waals surface area contributed by atoms with Gasteiger partial charge in [0.2, 0.25) is 10.0 Å². The third-order valence-electron chi connectivity index (χ3n) is 6.22. The first kappa shape index (κ1) is 25.3. The number of amides is 1. The Morgan fingerprint density at radius 1 is 1.05 bits per heavy atom. The molecule has 0 aliphatic carbocycles. The highest BCUT2D eigenvalue weighted by atomic mass is 35.5. The van der Waals surface area contributed by atoms with Crippen molar-refractivity contribution >= 4 is 55.6 Å². The number of halogens is 1. The Labute approximate surface area is 222 Å². The molecule has 37 heavy (non-hydrogen) atoms. The van der Waals surface area contributed by atoms with E-state index >= 15 is 0 Å². The normalized spacial score (nSPS) is 16.7. The van der Waals surface area contributed by atoms with E-state index in [1.807, 2.05) is 0 Å². The highest BCUT2D eigenvalue weighted by molar-refractivity contribution is 7.89. The summed E-state index contributed by atoms with van der Waals surface area (Å²) in [4.78, 5) is 35.6. The van der Waals surface area contributed by atoms with Crippen LogP contribution < -0.4 is 0 Å². The lowest BCUT2D eigenvalue weighted by atomic mass is 10.1. The zero-order valence-corrected chi connectivity index (χ0v) is 21.9. The number of fused-ring (bicyclic) bond motifs is 1. The number of benzene rings is 2. The number of carboxylic acid groups (broad SMARTS) is 1. The van der Waals surface area contributed by atoms with Gasteiger partial charge in [0.25, 0.3) is 5.91 Å². The van der Waals surface area contributed by atoms with E-state index in [4.69, 9.17) is 11.6 Å². The lowest BCUT2D eigenvalue weighted by Crippen LogP contribution is -2.59. The molecule has 1 aliphatic rings. The van der Waals surface area contributed by atoms with E-state index in [0.717, 1.165) is 15.3 Å². The zero-order valence-electron chi connectivity index (χ0n) is 19.5. The Kier molecular flexibility index (Phi) is 6.71. The van der Waals surface area contributed by atoms with Crippen molar-refractivity contribution in [2.75, 3.05) is 19.6 Å². The summed E-state index contributed by atoms with van der Waals surface area (Å²) in [7, 11) is -4.00. The van der Waals surface area contributed by atoms with E-state index in [0.29, 0.717) is 26.0 Å². The lowest BCUT2D eigenvalue weighted by Gasteiger charge is -2.38. The Hall–Kier alpha value is -3.38. The van der Waals surface area contributed by atoms with E-state index in [-0.39, 0.29) is 24.5 Å². The third-order valence-corrected chi connectivity index (χ3v) is 9.51. The fourth-order valence-electron chi connectivity index (χ4n) is 4.28. The van der Waals surface area contributed by atoms with Gasteiger partial charge >= 0.3 is 5.97 Å². The van der Waals surface area contributed by atoms with Crippen LogP contribution in [-0.4, -0.2) is 70.3 Å². The van der Waals surface area contributed by atoms with E-state index < -0.39 is 27.9 Å². The van der Waals surface area contributed by atoms with Gasteiger partial charge in [-0.05, 0) is 54.1 Å². The minimum Gasteiger partial charge on any atom is -0.480 e. The second-order valence-electron chi connectivity index (χ2n) is 8.54. The van der Waals surface area contributed by atoms with Gasteiger partial charge in [-0.15, -0.1) is 11.3 Å². The quantitative estimate of drug-likeness (QED) is 0.395. The van der Waals surface area contributed by atoms with Crippen LogP contribution in [-0.2, 0) is 14.8 Å². The predicted octanol–water partition coefficient (Wildman–Crippen LogP) is 3.92. The number of rotatable bonds is 5. The summed E-state index contributed by atoms with van der Waals surface area (Å²) >= 11 is 7.19. The van der Waals surface area contributed by atoms with Crippen LogP contribution in [0.5, 0.6) is 0 Å². The van der Waals surface area contributed by atoms with E-state index in [9.17, 15) is 23.1 Å². The van der Waals surface area contributed by atoms with Crippen LogP contribution in [0.1, 0.15) is 15.4 Å². The zero-order chi connectivity index (χ0) is 26.3. The fourth-order valence-corrected chi connectivity index (χ4v) is 6.96. The average Bonchev–Trinajstić information content (AvgIpc) is 3.29. The molecule has 1 atom stereocenters. The van der Waals surface area contributed by atoms with E-state index in [1.165, 1.54) is 28.4 Å². The van der Waals surface area contributed by atoms with Crippen molar-refractivity contribution in [1.29, 1.82) is 0 Å². The van der Waals surface area contributed by atoms with Crippen molar-refractivity contribution in [1.82, 2.24) is 19.2 Å². The number of aryl methyl sites for hydroxylation is 1. The lowest BCUT2D eigenvalue weighted by molar-refractivity contribution is -0.143. The van der Waals surface area contributed by atoms with Gasteiger partial charge in [0.1, 0.15) is 15.9 Å². The van der Waals surface area contributed by atoms with Gasteiger partial charge in [-0.25, -0.2) is 18.2 Å². The van der Waals surface area contributed by atoms with Gasteiger partial charge < -0.3 is 10.0 Å². The van der Waals surface area contributed by atoms with Crippen LogP contribution in [0.25, 0.3) is 21.3 Å². The number of hydrogen-bond acceptors (Lipinski definition) is 7. The molecule has 1 N–H and O–H groups in total. The second kappa shape index (κ2) is 9.82. The van der Waals surface area contributed by atoms with Crippen molar-refractivity contribution in [2.45, 2.75) is 17.9 Å². The van der Waals surface area contributed by atoms with Crippen molar-refractivity contribution < 1.29 is 23.1 Å². The average molecular weight is 557 g/mol. The summed E-state index contributed by atoms with van der Waals surface area (Å²) in [6.07, 6.45) is 3.25. The summed E-state index contributed by atoms with van der Waals surface area (Å²) in [6.45, 7) is 1.22. The summed E-state index contributed by atoms with van der Waals surface area (Å²) < 4.78 is 28.0. The maximum atomic E-state index is 13.4. The van der Waals surface area contributed by atoms with Gasteiger partial charge in [0.05, 0.1) is 10.6 Å². The van der Waals surface area contributed by atoms with E-state index in [1.54, 1.807) is 55.7 Å². The molecule has 2 aromatic carbocycles. The van der Waals surface area contributed by atoms with Crippen LogP contribution in [0.15, 0.2) is 65.8 Å². The molecule has 9 nitrogen and oxygen atoms in total. The molecule has 4 aromatic rings. The molecule has 3 heterocycles. The molecule has 0 spiro atoms. The molecule has 1 unspecified atom stereocenters. The molecule has 1 saturated heterocycles. The Balaban J connectivity index is 1.40.